The fourth-order valence-corrected chi connectivity index (χ4v) is 3.28. The Labute approximate surface area is 124 Å². The summed E-state index contributed by atoms with van der Waals surface area (Å²) in [5.41, 5.74) is 1.77. The van der Waals surface area contributed by atoms with E-state index in [0.717, 1.165) is 27.7 Å². The van der Waals surface area contributed by atoms with Gasteiger partial charge >= 0.3 is 0 Å². The third-order valence-electron chi connectivity index (χ3n) is 3.57. The molecule has 0 aliphatic heterocycles. The topological polar surface area (TPSA) is 58.6 Å². The molecule has 2 aromatic heterocycles. The fraction of sp³-hybridized carbons (Fsp3) is 0.357. The van der Waals surface area contributed by atoms with E-state index in [1.54, 1.807) is 12.4 Å². The van der Waals surface area contributed by atoms with Gasteiger partial charge in [0.05, 0.1) is 9.26 Å². The zero-order valence-corrected chi connectivity index (χ0v) is 12.6. The minimum atomic E-state index is -0.0450. The summed E-state index contributed by atoms with van der Waals surface area (Å²) in [6.45, 7) is 0. The summed E-state index contributed by atoms with van der Waals surface area (Å²) in [7, 11) is 0. The number of nitrogens with one attached hydrogen (secondary N) is 1. The van der Waals surface area contributed by atoms with Gasteiger partial charge in [0.2, 0.25) is 0 Å². The Hall–Kier alpha value is -1.24. The highest BCUT2D eigenvalue weighted by molar-refractivity contribution is 14.1. The lowest BCUT2D eigenvalue weighted by Crippen LogP contribution is -2.18. The molecule has 0 bridgehead atoms. The van der Waals surface area contributed by atoms with Crippen LogP contribution in [0.5, 0.6) is 0 Å². The Morgan fingerprint density at radius 3 is 2.79 bits per heavy atom. The summed E-state index contributed by atoms with van der Waals surface area (Å²) in [6, 6.07) is 3.76. The van der Waals surface area contributed by atoms with Gasteiger partial charge in [-0.15, -0.1) is 0 Å². The van der Waals surface area contributed by atoms with Gasteiger partial charge in [0.15, 0.2) is 0 Å². The van der Waals surface area contributed by atoms with E-state index in [-0.39, 0.29) is 5.56 Å². The molecule has 0 atom stereocenters. The first kappa shape index (κ1) is 12.8. The molecule has 0 saturated heterocycles. The van der Waals surface area contributed by atoms with Gasteiger partial charge < -0.3 is 4.98 Å². The van der Waals surface area contributed by atoms with Gasteiger partial charge in [0, 0.05) is 23.9 Å². The average Bonchev–Trinajstić information content (AvgIpc) is 2.96. The van der Waals surface area contributed by atoms with Crippen LogP contribution in [0, 0.1) is 3.57 Å². The first-order chi connectivity index (χ1) is 9.25. The minimum absolute atomic E-state index is 0.0450. The average molecular weight is 367 g/mol. The number of rotatable bonds is 2. The van der Waals surface area contributed by atoms with Crippen LogP contribution >= 0.6 is 22.6 Å². The minimum Gasteiger partial charge on any atom is -0.306 e. The van der Waals surface area contributed by atoms with E-state index in [4.69, 9.17) is 0 Å². The molecule has 0 radical (unpaired) electrons. The van der Waals surface area contributed by atoms with E-state index in [0.29, 0.717) is 11.7 Å². The van der Waals surface area contributed by atoms with Gasteiger partial charge in [-0.25, -0.2) is 4.98 Å². The second kappa shape index (κ2) is 5.40. The molecule has 19 heavy (non-hydrogen) atoms. The van der Waals surface area contributed by atoms with Crippen LogP contribution in [0.2, 0.25) is 0 Å². The van der Waals surface area contributed by atoms with Gasteiger partial charge in [0.25, 0.3) is 5.56 Å². The Balaban J connectivity index is 2.10. The maximum Gasteiger partial charge on any atom is 0.264 e. The predicted octanol–water partition coefficient (Wildman–Crippen LogP) is 3.09. The number of pyridine rings is 1. The van der Waals surface area contributed by atoms with Crippen LogP contribution in [-0.4, -0.2) is 15.0 Å². The molecule has 0 aromatic carbocycles. The highest BCUT2D eigenvalue weighted by Gasteiger charge is 2.23. The number of hydrogen-bond acceptors (Lipinski definition) is 3. The smallest absolute Gasteiger partial charge is 0.264 e. The summed E-state index contributed by atoms with van der Waals surface area (Å²) in [6.07, 6.45) is 8.18. The van der Waals surface area contributed by atoms with Crippen molar-refractivity contribution in [3.63, 3.8) is 0 Å². The standard InChI is InChI=1S/C14H14IN3O/c15-11-12(9-4-1-2-5-9)17-13(18-14(11)19)10-6-3-7-16-8-10/h3,6-9H,1-2,4-5H2,(H,17,18,19). The van der Waals surface area contributed by atoms with Crippen molar-refractivity contribution in [3.8, 4) is 11.4 Å². The Bertz CT molecular complexity index is 633. The lowest BCUT2D eigenvalue weighted by atomic mass is 10.0. The van der Waals surface area contributed by atoms with Crippen molar-refractivity contribution in [1.29, 1.82) is 0 Å². The molecule has 1 N–H and O–H groups in total. The summed E-state index contributed by atoms with van der Waals surface area (Å²) in [5, 5.41) is 0. The third kappa shape index (κ3) is 2.56. The van der Waals surface area contributed by atoms with E-state index in [1.165, 1.54) is 12.8 Å². The van der Waals surface area contributed by atoms with Crippen LogP contribution in [0.25, 0.3) is 11.4 Å². The van der Waals surface area contributed by atoms with Crippen molar-refractivity contribution < 1.29 is 0 Å². The SMILES string of the molecule is O=c1[nH]c(-c2cccnc2)nc(C2CCCC2)c1I. The maximum absolute atomic E-state index is 12.1. The molecule has 1 aliphatic rings. The Morgan fingerprint density at radius 2 is 2.11 bits per heavy atom. The van der Waals surface area contributed by atoms with Gasteiger partial charge in [-0.3, -0.25) is 9.78 Å². The van der Waals surface area contributed by atoms with Crippen LogP contribution in [-0.2, 0) is 0 Å². The van der Waals surface area contributed by atoms with Crippen LogP contribution < -0.4 is 5.56 Å². The molecule has 1 aliphatic carbocycles. The van der Waals surface area contributed by atoms with Crippen molar-refractivity contribution in [2.24, 2.45) is 0 Å². The second-order valence-corrected chi connectivity index (χ2v) is 5.92. The lowest BCUT2D eigenvalue weighted by Gasteiger charge is -2.12. The van der Waals surface area contributed by atoms with Gasteiger partial charge in [-0.1, -0.05) is 12.8 Å². The first-order valence-corrected chi connectivity index (χ1v) is 7.53. The van der Waals surface area contributed by atoms with E-state index in [1.807, 2.05) is 12.1 Å². The molecule has 1 fully saturated rings. The van der Waals surface area contributed by atoms with Crippen LogP contribution in [0.15, 0.2) is 29.3 Å². The Kier molecular flexibility index (Phi) is 3.63. The molecular weight excluding hydrogens is 353 g/mol. The summed E-state index contributed by atoms with van der Waals surface area (Å²) >= 11 is 2.11. The number of aromatic amines is 1. The zero-order chi connectivity index (χ0) is 13.2. The molecule has 0 spiro atoms. The molecular formula is C14H14IN3O. The third-order valence-corrected chi connectivity index (χ3v) is 4.61. The van der Waals surface area contributed by atoms with Gasteiger partial charge in [0.1, 0.15) is 5.82 Å². The van der Waals surface area contributed by atoms with E-state index in [9.17, 15) is 4.79 Å². The normalized spacial score (nSPS) is 15.8. The summed E-state index contributed by atoms with van der Waals surface area (Å²) < 4.78 is 0.733. The quantitative estimate of drug-likeness (QED) is 0.830. The molecule has 5 heteroatoms. The second-order valence-electron chi connectivity index (χ2n) is 4.84. The number of nitrogens with zero attached hydrogens (tertiary/aromatic N) is 2. The predicted molar refractivity (Wildman–Crippen MR) is 82.0 cm³/mol. The Morgan fingerprint density at radius 1 is 1.32 bits per heavy atom. The largest absolute Gasteiger partial charge is 0.306 e. The molecule has 98 valence electrons. The number of halogens is 1. The van der Waals surface area contributed by atoms with Gasteiger partial charge in [-0.2, -0.15) is 0 Å². The molecule has 3 rings (SSSR count). The number of H-pyrrole nitrogens is 1. The van der Waals surface area contributed by atoms with Gasteiger partial charge in [-0.05, 0) is 47.6 Å². The van der Waals surface area contributed by atoms with Crippen LogP contribution in [0.1, 0.15) is 37.3 Å². The van der Waals surface area contributed by atoms with Crippen LogP contribution in [0.3, 0.4) is 0 Å². The highest BCUT2D eigenvalue weighted by Crippen LogP contribution is 2.34. The fourth-order valence-electron chi connectivity index (χ4n) is 2.59. The monoisotopic (exact) mass is 367 g/mol. The maximum atomic E-state index is 12.1. The summed E-state index contributed by atoms with van der Waals surface area (Å²) in [4.78, 5) is 23.7. The van der Waals surface area contributed by atoms with E-state index < -0.39 is 0 Å². The summed E-state index contributed by atoms with van der Waals surface area (Å²) in [5.74, 6) is 1.06. The molecule has 2 aromatic rings. The lowest BCUT2D eigenvalue weighted by molar-refractivity contribution is 0.687. The molecule has 4 nitrogen and oxygen atoms in total. The van der Waals surface area contributed by atoms with Crippen molar-refractivity contribution >= 4 is 22.6 Å². The number of aromatic nitrogens is 3. The van der Waals surface area contributed by atoms with Crippen LogP contribution in [0.4, 0.5) is 0 Å². The first-order valence-electron chi connectivity index (χ1n) is 6.46. The number of hydrogen-bond donors (Lipinski definition) is 1. The molecule has 2 heterocycles. The van der Waals surface area contributed by atoms with E-state index >= 15 is 0 Å². The molecule has 0 unspecified atom stereocenters. The molecule has 0 amide bonds. The van der Waals surface area contributed by atoms with Crippen molar-refractivity contribution in [2.45, 2.75) is 31.6 Å². The molecule has 1 saturated carbocycles. The zero-order valence-electron chi connectivity index (χ0n) is 10.4. The highest BCUT2D eigenvalue weighted by atomic mass is 127. The van der Waals surface area contributed by atoms with Crippen molar-refractivity contribution in [3.05, 3.63) is 44.1 Å². The van der Waals surface area contributed by atoms with Crippen molar-refractivity contribution in [2.75, 3.05) is 0 Å². The van der Waals surface area contributed by atoms with Crippen molar-refractivity contribution in [1.82, 2.24) is 15.0 Å². The van der Waals surface area contributed by atoms with E-state index in [2.05, 4.69) is 37.5 Å².